The quantitative estimate of drug-likeness (QED) is 0.317. The van der Waals surface area contributed by atoms with Crippen LogP contribution in [0.2, 0.25) is 0 Å². The zero-order valence-corrected chi connectivity index (χ0v) is 19.7. The second-order valence-electron chi connectivity index (χ2n) is 7.93. The van der Waals surface area contributed by atoms with E-state index in [9.17, 15) is 4.79 Å². The standard InChI is InChI=1S/C25H26N2O4S/c1-14-8-19(32)7-6-17(14)12-30-23-11-22-20(18(13-31-22)9-24(28)29-5)10-21(23)25-15(2)26-27(4)16(25)3/h6-8,10-11,13,32H,9,12H2,1-5H3. The SMILES string of the molecule is COC(=O)Cc1coc2cc(OCc3ccc(S)cc3C)c(-c3c(C)nn(C)c3C)cc12. The van der Waals surface area contributed by atoms with E-state index in [4.69, 9.17) is 13.9 Å². The summed E-state index contributed by atoms with van der Waals surface area (Å²) in [6, 6.07) is 9.91. The molecule has 6 nitrogen and oxygen atoms in total. The molecule has 0 saturated heterocycles. The van der Waals surface area contributed by atoms with E-state index >= 15 is 0 Å². The Morgan fingerprint density at radius 2 is 1.94 bits per heavy atom. The fraction of sp³-hybridized carbons (Fsp3) is 0.280. The predicted octanol–water partition coefficient (Wildman–Crippen LogP) is 5.34. The van der Waals surface area contributed by atoms with Gasteiger partial charge in [0, 0.05) is 45.8 Å². The van der Waals surface area contributed by atoms with Gasteiger partial charge in [0.05, 0.1) is 25.5 Å². The molecule has 7 heteroatoms. The number of nitrogens with zero attached hydrogens (tertiary/aromatic N) is 2. The van der Waals surface area contributed by atoms with Gasteiger partial charge in [-0.15, -0.1) is 12.6 Å². The lowest BCUT2D eigenvalue weighted by atomic mass is 9.99. The van der Waals surface area contributed by atoms with E-state index in [0.29, 0.717) is 17.9 Å². The first-order chi connectivity index (χ1) is 15.3. The van der Waals surface area contributed by atoms with Crippen molar-refractivity contribution in [1.82, 2.24) is 9.78 Å². The molecule has 0 spiro atoms. The topological polar surface area (TPSA) is 66.5 Å². The van der Waals surface area contributed by atoms with Crippen molar-refractivity contribution in [2.45, 2.75) is 38.7 Å². The van der Waals surface area contributed by atoms with Gasteiger partial charge in [0.25, 0.3) is 0 Å². The van der Waals surface area contributed by atoms with Crippen LogP contribution in [0.5, 0.6) is 5.75 Å². The van der Waals surface area contributed by atoms with Crippen molar-refractivity contribution in [3.8, 4) is 16.9 Å². The van der Waals surface area contributed by atoms with Crippen molar-refractivity contribution in [2.24, 2.45) is 7.05 Å². The average Bonchev–Trinajstić information content (AvgIpc) is 3.25. The van der Waals surface area contributed by atoms with Gasteiger partial charge in [0.15, 0.2) is 0 Å². The number of carbonyl (C=O) groups is 1. The van der Waals surface area contributed by atoms with Crippen LogP contribution < -0.4 is 4.74 Å². The van der Waals surface area contributed by atoms with E-state index in [2.05, 4.69) is 17.7 Å². The summed E-state index contributed by atoms with van der Waals surface area (Å²) in [7, 11) is 3.31. The van der Waals surface area contributed by atoms with Crippen LogP contribution in [-0.4, -0.2) is 22.9 Å². The second-order valence-corrected chi connectivity index (χ2v) is 8.44. The number of thiol groups is 1. The monoisotopic (exact) mass is 450 g/mol. The van der Waals surface area contributed by atoms with E-state index in [-0.39, 0.29) is 12.4 Å². The highest BCUT2D eigenvalue weighted by Gasteiger charge is 2.20. The highest BCUT2D eigenvalue weighted by molar-refractivity contribution is 7.80. The Labute approximate surface area is 192 Å². The molecular weight excluding hydrogens is 424 g/mol. The molecule has 0 bridgehead atoms. The summed E-state index contributed by atoms with van der Waals surface area (Å²) in [4.78, 5) is 12.8. The Bertz CT molecular complexity index is 1320. The van der Waals surface area contributed by atoms with E-state index in [1.54, 1.807) is 6.26 Å². The molecule has 4 rings (SSSR count). The van der Waals surface area contributed by atoms with Crippen molar-refractivity contribution in [2.75, 3.05) is 7.11 Å². The van der Waals surface area contributed by atoms with Gasteiger partial charge in [-0.1, -0.05) is 6.07 Å². The predicted molar refractivity (Wildman–Crippen MR) is 126 cm³/mol. The Kier molecular flexibility index (Phi) is 6.02. The molecule has 2 aromatic carbocycles. The number of hydrogen-bond donors (Lipinski definition) is 1. The van der Waals surface area contributed by atoms with Gasteiger partial charge in [0.2, 0.25) is 0 Å². The van der Waals surface area contributed by atoms with Gasteiger partial charge >= 0.3 is 5.97 Å². The Morgan fingerprint density at radius 1 is 1.16 bits per heavy atom. The van der Waals surface area contributed by atoms with Crippen molar-refractivity contribution in [1.29, 1.82) is 0 Å². The third-order valence-electron chi connectivity index (χ3n) is 5.81. The summed E-state index contributed by atoms with van der Waals surface area (Å²) >= 11 is 4.41. The van der Waals surface area contributed by atoms with Crippen LogP contribution in [0, 0.1) is 20.8 Å². The summed E-state index contributed by atoms with van der Waals surface area (Å²) in [6.45, 7) is 6.47. The number of rotatable bonds is 6. The molecule has 0 aliphatic heterocycles. The highest BCUT2D eigenvalue weighted by atomic mass is 32.1. The minimum atomic E-state index is -0.313. The number of aromatic nitrogens is 2. The molecule has 4 aromatic rings. The lowest BCUT2D eigenvalue weighted by Gasteiger charge is -2.14. The lowest BCUT2D eigenvalue weighted by molar-refractivity contribution is -0.139. The van der Waals surface area contributed by atoms with Crippen molar-refractivity contribution >= 4 is 29.6 Å². The number of aryl methyl sites for hydroxylation is 3. The molecule has 0 aliphatic rings. The molecule has 0 aliphatic carbocycles. The molecule has 32 heavy (non-hydrogen) atoms. The molecule has 0 amide bonds. The summed E-state index contributed by atoms with van der Waals surface area (Å²) in [6.07, 6.45) is 1.75. The molecular formula is C25H26N2O4S. The van der Waals surface area contributed by atoms with Crippen LogP contribution in [0.15, 0.2) is 45.9 Å². The molecule has 166 valence electrons. The first kappa shape index (κ1) is 22.0. The van der Waals surface area contributed by atoms with Gasteiger partial charge in [-0.25, -0.2) is 0 Å². The summed E-state index contributed by atoms with van der Waals surface area (Å²) in [5, 5.41) is 5.43. The van der Waals surface area contributed by atoms with Crippen molar-refractivity contribution in [3.05, 3.63) is 64.7 Å². The van der Waals surface area contributed by atoms with Crippen LogP contribution in [-0.2, 0) is 29.6 Å². The van der Waals surface area contributed by atoms with Crippen LogP contribution in [0.1, 0.15) is 28.1 Å². The first-order valence-electron chi connectivity index (χ1n) is 10.3. The van der Waals surface area contributed by atoms with Gasteiger partial charge in [-0.2, -0.15) is 5.10 Å². The summed E-state index contributed by atoms with van der Waals surface area (Å²) in [5.74, 6) is 0.386. The number of benzene rings is 2. The Balaban J connectivity index is 1.82. The zero-order valence-electron chi connectivity index (χ0n) is 18.9. The van der Waals surface area contributed by atoms with Crippen LogP contribution in [0.3, 0.4) is 0 Å². The van der Waals surface area contributed by atoms with Gasteiger partial charge in [-0.3, -0.25) is 9.48 Å². The third kappa shape index (κ3) is 4.12. The number of ether oxygens (including phenoxy) is 2. The minimum Gasteiger partial charge on any atom is -0.488 e. The summed E-state index contributed by atoms with van der Waals surface area (Å²) < 4.78 is 18.8. The number of hydrogen-bond acceptors (Lipinski definition) is 6. The maximum atomic E-state index is 11.9. The number of fused-ring (bicyclic) bond motifs is 1. The van der Waals surface area contributed by atoms with Crippen molar-refractivity contribution < 1.29 is 18.7 Å². The van der Waals surface area contributed by atoms with Gasteiger partial charge < -0.3 is 13.9 Å². The fourth-order valence-electron chi connectivity index (χ4n) is 3.95. The van der Waals surface area contributed by atoms with E-state index < -0.39 is 0 Å². The van der Waals surface area contributed by atoms with E-state index in [1.165, 1.54) is 7.11 Å². The third-order valence-corrected chi connectivity index (χ3v) is 6.08. The average molecular weight is 451 g/mol. The molecule has 2 heterocycles. The number of furan rings is 1. The Morgan fingerprint density at radius 3 is 2.59 bits per heavy atom. The van der Waals surface area contributed by atoms with E-state index in [1.807, 2.05) is 62.8 Å². The van der Waals surface area contributed by atoms with Gasteiger partial charge in [0.1, 0.15) is 17.9 Å². The highest BCUT2D eigenvalue weighted by Crippen LogP contribution is 2.39. The normalized spacial score (nSPS) is 11.2. The molecule has 0 fully saturated rings. The smallest absolute Gasteiger partial charge is 0.310 e. The lowest BCUT2D eigenvalue weighted by Crippen LogP contribution is -2.04. The fourth-order valence-corrected chi connectivity index (χ4v) is 4.22. The molecule has 0 atom stereocenters. The zero-order chi connectivity index (χ0) is 23.0. The molecule has 0 radical (unpaired) electrons. The molecule has 2 aromatic heterocycles. The van der Waals surface area contributed by atoms with Crippen LogP contribution in [0.25, 0.3) is 22.1 Å². The Hall–Kier alpha value is -3.19. The first-order valence-corrected chi connectivity index (χ1v) is 10.8. The maximum Gasteiger partial charge on any atom is 0.310 e. The second kappa shape index (κ2) is 8.74. The molecule has 0 unspecified atom stereocenters. The largest absolute Gasteiger partial charge is 0.488 e. The maximum absolute atomic E-state index is 11.9. The molecule has 0 N–H and O–H groups in total. The van der Waals surface area contributed by atoms with Gasteiger partial charge in [-0.05, 0) is 50.1 Å². The van der Waals surface area contributed by atoms with Crippen LogP contribution >= 0.6 is 12.6 Å². The molecule has 0 saturated carbocycles. The number of methoxy groups -OCH3 is 1. The van der Waals surface area contributed by atoms with Crippen LogP contribution in [0.4, 0.5) is 0 Å². The van der Waals surface area contributed by atoms with Crippen molar-refractivity contribution in [3.63, 3.8) is 0 Å². The van der Waals surface area contributed by atoms with E-state index in [0.717, 1.165) is 49.5 Å². The number of carbonyl (C=O) groups excluding carboxylic acids is 1. The summed E-state index contributed by atoms with van der Waals surface area (Å²) in [5.41, 5.74) is 7.49. The minimum absolute atomic E-state index is 0.142. The number of esters is 1.